The highest BCUT2D eigenvalue weighted by molar-refractivity contribution is 6.01. The van der Waals surface area contributed by atoms with Crippen LogP contribution < -0.4 is 14.2 Å². The number of ketones is 1. The fraction of sp³-hybridized carbons (Fsp3) is 0.263. The number of aryl methyl sites for hydroxylation is 1. The summed E-state index contributed by atoms with van der Waals surface area (Å²) in [5, 5.41) is 0. The van der Waals surface area contributed by atoms with Crippen LogP contribution in [0.2, 0.25) is 0 Å². The molecule has 124 valence electrons. The maximum Gasteiger partial charge on any atom is 0.308 e. The van der Waals surface area contributed by atoms with Crippen molar-refractivity contribution < 1.29 is 23.8 Å². The molecule has 0 N–H and O–H groups in total. The van der Waals surface area contributed by atoms with Gasteiger partial charge in [0.1, 0.15) is 0 Å². The van der Waals surface area contributed by atoms with Crippen LogP contribution in [0.25, 0.3) is 11.1 Å². The van der Waals surface area contributed by atoms with Crippen molar-refractivity contribution in [1.29, 1.82) is 0 Å². The largest absolute Gasteiger partial charge is 0.493 e. The summed E-state index contributed by atoms with van der Waals surface area (Å²) < 4.78 is 16.1. The molecule has 2 aromatic carbocycles. The first-order valence-electron chi connectivity index (χ1n) is 7.65. The smallest absolute Gasteiger partial charge is 0.308 e. The van der Waals surface area contributed by atoms with Gasteiger partial charge in [-0.15, -0.1) is 0 Å². The fourth-order valence-corrected chi connectivity index (χ4v) is 2.99. The average Bonchev–Trinajstić information content (AvgIpc) is 2.94. The lowest BCUT2D eigenvalue weighted by Gasteiger charge is -2.16. The van der Waals surface area contributed by atoms with Crippen LogP contribution in [0.5, 0.6) is 17.2 Å². The third-order valence-corrected chi connectivity index (χ3v) is 4.08. The van der Waals surface area contributed by atoms with Gasteiger partial charge in [-0.05, 0) is 29.7 Å². The molecule has 1 aliphatic carbocycles. The Kier molecular flexibility index (Phi) is 4.25. The number of hydrogen-bond donors (Lipinski definition) is 0. The Morgan fingerprint density at radius 2 is 1.71 bits per heavy atom. The van der Waals surface area contributed by atoms with Crippen molar-refractivity contribution in [3.63, 3.8) is 0 Å². The van der Waals surface area contributed by atoms with Gasteiger partial charge in [0, 0.05) is 24.5 Å². The van der Waals surface area contributed by atoms with E-state index < -0.39 is 5.97 Å². The molecule has 0 atom stereocenters. The number of ether oxygens (including phenoxy) is 3. The van der Waals surface area contributed by atoms with Gasteiger partial charge in [0.25, 0.3) is 0 Å². The zero-order chi connectivity index (χ0) is 17.3. The molecule has 0 saturated heterocycles. The minimum atomic E-state index is -0.445. The third-order valence-electron chi connectivity index (χ3n) is 4.08. The van der Waals surface area contributed by atoms with Crippen LogP contribution in [0.4, 0.5) is 0 Å². The van der Waals surface area contributed by atoms with E-state index in [2.05, 4.69) is 0 Å². The molecular weight excluding hydrogens is 308 g/mol. The van der Waals surface area contributed by atoms with Crippen LogP contribution in [0, 0.1) is 0 Å². The first-order chi connectivity index (χ1) is 11.5. The summed E-state index contributed by atoms with van der Waals surface area (Å²) in [4.78, 5) is 23.3. The molecule has 0 fully saturated rings. The van der Waals surface area contributed by atoms with E-state index in [-0.39, 0.29) is 5.78 Å². The standard InChI is InChI=1S/C19H18O5/c1-11(20)24-18-15(7-9-17(22-2)19(18)23-3)13-4-6-14-12(10-13)5-8-16(14)21/h4,6-7,9-10H,5,8H2,1-3H3. The summed E-state index contributed by atoms with van der Waals surface area (Å²) >= 11 is 0. The Hall–Kier alpha value is -2.82. The van der Waals surface area contributed by atoms with E-state index in [1.165, 1.54) is 21.1 Å². The van der Waals surface area contributed by atoms with Gasteiger partial charge >= 0.3 is 5.97 Å². The molecule has 0 heterocycles. The summed E-state index contributed by atoms with van der Waals surface area (Å²) in [6.45, 7) is 1.34. The third kappa shape index (κ3) is 2.73. The zero-order valence-corrected chi connectivity index (χ0v) is 13.8. The molecule has 24 heavy (non-hydrogen) atoms. The minimum Gasteiger partial charge on any atom is -0.493 e. The van der Waals surface area contributed by atoms with E-state index in [0.717, 1.165) is 23.1 Å². The van der Waals surface area contributed by atoms with Crippen LogP contribution in [0.1, 0.15) is 29.3 Å². The normalized spacial score (nSPS) is 12.7. The second-order valence-electron chi connectivity index (χ2n) is 5.57. The van der Waals surface area contributed by atoms with Crippen LogP contribution in [-0.4, -0.2) is 26.0 Å². The summed E-state index contributed by atoms with van der Waals surface area (Å²) in [6.07, 6.45) is 1.28. The maximum absolute atomic E-state index is 11.8. The van der Waals surface area contributed by atoms with E-state index in [0.29, 0.717) is 29.2 Å². The number of esters is 1. The molecule has 0 radical (unpaired) electrons. The van der Waals surface area contributed by atoms with Crippen molar-refractivity contribution in [3.05, 3.63) is 41.5 Å². The molecule has 0 bridgehead atoms. The Bertz CT molecular complexity index is 823. The van der Waals surface area contributed by atoms with E-state index in [4.69, 9.17) is 14.2 Å². The van der Waals surface area contributed by atoms with Crippen LogP contribution in [0.15, 0.2) is 30.3 Å². The number of rotatable bonds is 4. The molecule has 5 nitrogen and oxygen atoms in total. The summed E-state index contributed by atoms with van der Waals surface area (Å²) in [7, 11) is 3.02. The van der Waals surface area contributed by atoms with Gasteiger partial charge in [0.05, 0.1) is 14.2 Å². The molecule has 5 heteroatoms. The molecular formula is C19H18O5. The minimum absolute atomic E-state index is 0.170. The molecule has 3 rings (SSSR count). The van der Waals surface area contributed by atoms with Crippen LogP contribution in [-0.2, 0) is 11.2 Å². The Labute approximate surface area is 140 Å². The number of benzene rings is 2. The van der Waals surface area contributed by atoms with E-state index in [1.807, 2.05) is 24.3 Å². The molecule has 1 aliphatic rings. The quantitative estimate of drug-likeness (QED) is 0.636. The second kappa shape index (κ2) is 6.35. The van der Waals surface area contributed by atoms with Gasteiger partial charge in [-0.2, -0.15) is 0 Å². The molecule has 0 saturated carbocycles. The highest BCUT2D eigenvalue weighted by Crippen LogP contribution is 2.45. The van der Waals surface area contributed by atoms with Crippen molar-refractivity contribution in [2.45, 2.75) is 19.8 Å². The number of hydrogen-bond acceptors (Lipinski definition) is 5. The van der Waals surface area contributed by atoms with Gasteiger partial charge in [0.2, 0.25) is 5.75 Å². The summed E-state index contributed by atoms with van der Waals surface area (Å²) in [5.74, 6) is 0.882. The zero-order valence-electron chi connectivity index (χ0n) is 13.8. The van der Waals surface area contributed by atoms with E-state index in [9.17, 15) is 9.59 Å². The molecule has 0 unspecified atom stereocenters. The Balaban J connectivity index is 2.17. The van der Waals surface area contributed by atoms with Crippen molar-refractivity contribution in [2.24, 2.45) is 0 Å². The van der Waals surface area contributed by atoms with Gasteiger partial charge in [-0.25, -0.2) is 0 Å². The average molecular weight is 326 g/mol. The monoisotopic (exact) mass is 326 g/mol. The second-order valence-corrected chi connectivity index (χ2v) is 5.57. The van der Waals surface area contributed by atoms with Crippen LogP contribution in [0.3, 0.4) is 0 Å². The predicted octanol–water partition coefficient (Wildman–Crippen LogP) is 3.43. The van der Waals surface area contributed by atoms with Gasteiger partial charge in [-0.3, -0.25) is 9.59 Å². The highest BCUT2D eigenvalue weighted by Gasteiger charge is 2.23. The lowest BCUT2D eigenvalue weighted by molar-refractivity contribution is -0.131. The molecule has 0 amide bonds. The fourth-order valence-electron chi connectivity index (χ4n) is 2.99. The van der Waals surface area contributed by atoms with E-state index >= 15 is 0 Å². The maximum atomic E-state index is 11.8. The SMILES string of the molecule is COc1ccc(-c2ccc3c(c2)CCC3=O)c(OC(C)=O)c1OC. The number of methoxy groups -OCH3 is 2. The summed E-state index contributed by atoms with van der Waals surface area (Å²) in [6, 6.07) is 9.23. The number of fused-ring (bicyclic) bond motifs is 1. The first kappa shape index (κ1) is 16.1. The van der Waals surface area contributed by atoms with Crippen molar-refractivity contribution in [2.75, 3.05) is 14.2 Å². The lowest BCUT2D eigenvalue weighted by atomic mass is 9.99. The number of carbonyl (C=O) groups excluding carboxylic acids is 2. The molecule has 2 aromatic rings. The van der Waals surface area contributed by atoms with Crippen LogP contribution >= 0.6 is 0 Å². The molecule has 0 aliphatic heterocycles. The van der Waals surface area contributed by atoms with E-state index in [1.54, 1.807) is 6.07 Å². The van der Waals surface area contributed by atoms with Gasteiger partial charge in [-0.1, -0.05) is 18.2 Å². The van der Waals surface area contributed by atoms with Gasteiger partial charge < -0.3 is 14.2 Å². The molecule has 0 aromatic heterocycles. The van der Waals surface area contributed by atoms with Crippen molar-refractivity contribution in [3.8, 4) is 28.4 Å². The first-order valence-corrected chi connectivity index (χ1v) is 7.65. The highest BCUT2D eigenvalue weighted by atomic mass is 16.6. The van der Waals surface area contributed by atoms with Crippen molar-refractivity contribution in [1.82, 2.24) is 0 Å². The predicted molar refractivity (Wildman–Crippen MR) is 88.9 cm³/mol. The Morgan fingerprint density at radius 1 is 0.958 bits per heavy atom. The number of carbonyl (C=O) groups is 2. The Morgan fingerprint density at radius 3 is 2.38 bits per heavy atom. The summed E-state index contributed by atoms with van der Waals surface area (Å²) in [5.41, 5.74) is 3.36. The lowest BCUT2D eigenvalue weighted by Crippen LogP contribution is -2.05. The van der Waals surface area contributed by atoms with Crippen molar-refractivity contribution >= 4 is 11.8 Å². The van der Waals surface area contributed by atoms with Gasteiger partial charge in [0.15, 0.2) is 17.3 Å². The molecule has 0 spiro atoms. The topological polar surface area (TPSA) is 61.8 Å². The number of Topliss-reactive ketones (excluding diaryl/α,β-unsaturated/α-hetero) is 1.